The smallest absolute Gasteiger partial charge is 0.246 e. The highest BCUT2D eigenvalue weighted by Gasteiger charge is 2.26. The maximum Gasteiger partial charge on any atom is 0.246 e. The van der Waals surface area contributed by atoms with E-state index in [-0.39, 0.29) is 5.91 Å². The average Bonchev–Trinajstić information content (AvgIpc) is 3.15. The SMILES string of the molecule is CCN1CCCC1CN(CCN(C)C)C(=O)/C=C/c1ccc(OC)c(OC)c1. The maximum absolute atomic E-state index is 12.9. The lowest BCUT2D eigenvalue weighted by Crippen LogP contribution is -2.44. The van der Waals surface area contributed by atoms with Crippen molar-refractivity contribution in [1.29, 1.82) is 0 Å². The molecule has 1 aliphatic heterocycles. The molecule has 0 aromatic heterocycles. The molecular weight excluding hydrogens is 354 g/mol. The van der Waals surface area contributed by atoms with Crippen LogP contribution in [0.25, 0.3) is 6.08 Å². The number of rotatable bonds is 10. The van der Waals surface area contributed by atoms with Crippen molar-refractivity contribution in [3.8, 4) is 11.5 Å². The molecule has 1 aliphatic rings. The normalized spacial score (nSPS) is 17.4. The molecule has 28 heavy (non-hydrogen) atoms. The van der Waals surface area contributed by atoms with Crippen LogP contribution in [0.15, 0.2) is 24.3 Å². The van der Waals surface area contributed by atoms with Crippen molar-refractivity contribution in [2.24, 2.45) is 0 Å². The summed E-state index contributed by atoms with van der Waals surface area (Å²) in [6.45, 7) is 6.75. The Hall–Kier alpha value is -2.05. The quantitative estimate of drug-likeness (QED) is 0.576. The topological polar surface area (TPSA) is 45.2 Å². The predicted octanol–water partition coefficient (Wildman–Crippen LogP) is 2.59. The minimum absolute atomic E-state index is 0.0552. The molecule has 0 saturated carbocycles. The first-order chi connectivity index (χ1) is 13.5. The summed E-state index contributed by atoms with van der Waals surface area (Å²) in [6.07, 6.45) is 5.90. The van der Waals surface area contributed by atoms with E-state index in [0.717, 1.165) is 38.3 Å². The summed E-state index contributed by atoms with van der Waals surface area (Å²) in [5, 5.41) is 0. The van der Waals surface area contributed by atoms with Crippen LogP contribution >= 0.6 is 0 Å². The Bertz CT molecular complexity index is 660. The van der Waals surface area contributed by atoms with Gasteiger partial charge in [0.25, 0.3) is 0 Å². The number of carbonyl (C=O) groups is 1. The zero-order chi connectivity index (χ0) is 20.5. The van der Waals surface area contributed by atoms with Crippen molar-refractivity contribution < 1.29 is 14.3 Å². The van der Waals surface area contributed by atoms with Crippen molar-refractivity contribution in [1.82, 2.24) is 14.7 Å². The van der Waals surface area contributed by atoms with E-state index in [2.05, 4.69) is 16.7 Å². The van der Waals surface area contributed by atoms with Crippen LogP contribution in [0, 0.1) is 0 Å². The van der Waals surface area contributed by atoms with Crippen LogP contribution in [0.5, 0.6) is 11.5 Å². The Labute approximate surface area is 169 Å². The van der Waals surface area contributed by atoms with E-state index in [1.807, 2.05) is 43.3 Å². The molecule has 0 aliphatic carbocycles. The molecule has 1 atom stereocenters. The molecule has 1 fully saturated rings. The van der Waals surface area contributed by atoms with Crippen molar-refractivity contribution in [2.75, 3.05) is 61.0 Å². The van der Waals surface area contributed by atoms with Gasteiger partial charge >= 0.3 is 0 Å². The highest BCUT2D eigenvalue weighted by atomic mass is 16.5. The highest BCUT2D eigenvalue weighted by Crippen LogP contribution is 2.28. The minimum atomic E-state index is 0.0552. The molecule has 6 nitrogen and oxygen atoms in total. The van der Waals surface area contributed by atoms with Gasteiger partial charge in [-0.1, -0.05) is 13.0 Å². The van der Waals surface area contributed by atoms with E-state index in [4.69, 9.17) is 9.47 Å². The van der Waals surface area contributed by atoms with Crippen LogP contribution in [0.2, 0.25) is 0 Å². The van der Waals surface area contributed by atoms with Gasteiger partial charge in [-0.3, -0.25) is 9.69 Å². The van der Waals surface area contributed by atoms with Gasteiger partial charge in [0, 0.05) is 31.8 Å². The number of ether oxygens (including phenoxy) is 2. The zero-order valence-corrected chi connectivity index (χ0v) is 18.0. The Balaban J connectivity index is 2.09. The van der Waals surface area contributed by atoms with Crippen LogP contribution < -0.4 is 9.47 Å². The summed E-state index contributed by atoms with van der Waals surface area (Å²) in [5.74, 6) is 1.39. The summed E-state index contributed by atoms with van der Waals surface area (Å²) >= 11 is 0. The van der Waals surface area contributed by atoms with Gasteiger partial charge in [-0.25, -0.2) is 0 Å². The van der Waals surface area contributed by atoms with Gasteiger partial charge in [0.15, 0.2) is 11.5 Å². The second-order valence-corrected chi connectivity index (χ2v) is 7.46. The van der Waals surface area contributed by atoms with Crippen molar-refractivity contribution in [3.63, 3.8) is 0 Å². The van der Waals surface area contributed by atoms with Crippen LogP contribution in [-0.2, 0) is 4.79 Å². The maximum atomic E-state index is 12.9. The molecule has 1 aromatic rings. The number of likely N-dealkylation sites (N-methyl/N-ethyl adjacent to an activating group) is 2. The van der Waals surface area contributed by atoms with Crippen LogP contribution in [0.3, 0.4) is 0 Å². The Morgan fingerprint density at radius 2 is 1.96 bits per heavy atom. The number of nitrogens with zero attached hydrogens (tertiary/aromatic N) is 3. The molecule has 2 rings (SSSR count). The first-order valence-electron chi connectivity index (χ1n) is 10.1. The van der Waals surface area contributed by atoms with Gasteiger partial charge < -0.3 is 19.3 Å². The number of amides is 1. The van der Waals surface area contributed by atoms with Gasteiger partial charge in [-0.05, 0) is 63.8 Å². The summed E-state index contributed by atoms with van der Waals surface area (Å²) in [4.78, 5) is 19.5. The van der Waals surface area contributed by atoms with E-state index in [0.29, 0.717) is 17.5 Å². The summed E-state index contributed by atoms with van der Waals surface area (Å²) in [7, 11) is 7.30. The van der Waals surface area contributed by atoms with Crippen LogP contribution in [0.4, 0.5) is 0 Å². The summed E-state index contributed by atoms with van der Waals surface area (Å²) < 4.78 is 10.6. The minimum Gasteiger partial charge on any atom is -0.493 e. The third-order valence-electron chi connectivity index (χ3n) is 5.29. The van der Waals surface area contributed by atoms with E-state index >= 15 is 0 Å². The van der Waals surface area contributed by atoms with Gasteiger partial charge in [0.05, 0.1) is 14.2 Å². The van der Waals surface area contributed by atoms with E-state index in [9.17, 15) is 4.79 Å². The molecule has 1 heterocycles. The molecule has 0 N–H and O–H groups in total. The first kappa shape index (κ1) is 22.2. The molecular formula is C22H35N3O3. The summed E-state index contributed by atoms with van der Waals surface area (Å²) in [6, 6.07) is 6.11. The second kappa shape index (κ2) is 11.1. The lowest BCUT2D eigenvalue weighted by Gasteiger charge is -2.30. The van der Waals surface area contributed by atoms with Crippen molar-refractivity contribution in [2.45, 2.75) is 25.8 Å². The fourth-order valence-electron chi connectivity index (χ4n) is 3.61. The molecule has 1 amide bonds. The fraction of sp³-hybridized carbons (Fsp3) is 0.591. The molecule has 0 bridgehead atoms. The average molecular weight is 390 g/mol. The summed E-state index contributed by atoms with van der Waals surface area (Å²) in [5.41, 5.74) is 0.912. The van der Waals surface area contributed by atoms with Crippen LogP contribution in [-0.4, -0.2) is 87.7 Å². The lowest BCUT2D eigenvalue weighted by molar-refractivity contribution is -0.126. The fourth-order valence-corrected chi connectivity index (χ4v) is 3.61. The number of hydrogen-bond donors (Lipinski definition) is 0. The number of likely N-dealkylation sites (tertiary alicyclic amines) is 1. The Morgan fingerprint density at radius 1 is 1.21 bits per heavy atom. The van der Waals surface area contributed by atoms with Crippen LogP contribution in [0.1, 0.15) is 25.3 Å². The van der Waals surface area contributed by atoms with Gasteiger partial charge in [0.1, 0.15) is 0 Å². The number of hydrogen-bond acceptors (Lipinski definition) is 5. The third-order valence-corrected chi connectivity index (χ3v) is 5.29. The molecule has 1 saturated heterocycles. The monoisotopic (exact) mass is 389 g/mol. The number of benzene rings is 1. The largest absolute Gasteiger partial charge is 0.493 e. The predicted molar refractivity (Wildman–Crippen MR) is 114 cm³/mol. The van der Waals surface area contributed by atoms with Gasteiger partial charge in [-0.2, -0.15) is 0 Å². The standard InChI is InChI=1S/C22H35N3O3/c1-6-24-13-7-8-19(24)17-25(15-14-23(2)3)22(26)12-10-18-9-11-20(27-4)21(16-18)28-5/h9-12,16,19H,6-8,13-15,17H2,1-5H3/b12-10+. The van der Waals surface area contributed by atoms with E-state index < -0.39 is 0 Å². The molecule has 0 spiro atoms. The third kappa shape index (κ3) is 6.24. The molecule has 1 unspecified atom stereocenters. The molecule has 156 valence electrons. The number of methoxy groups -OCH3 is 2. The molecule has 1 aromatic carbocycles. The van der Waals surface area contributed by atoms with E-state index in [1.54, 1.807) is 20.3 Å². The Morgan fingerprint density at radius 3 is 2.61 bits per heavy atom. The lowest BCUT2D eigenvalue weighted by atomic mass is 10.1. The highest BCUT2D eigenvalue weighted by molar-refractivity contribution is 5.92. The zero-order valence-electron chi connectivity index (χ0n) is 18.0. The van der Waals surface area contributed by atoms with Gasteiger partial charge in [0.2, 0.25) is 5.91 Å². The van der Waals surface area contributed by atoms with Crippen molar-refractivity contribution in [3.05, 3.63) is 29.8 Å². The van der Waals surface area contributed by atoms with Crippen molar-refractivity contribution >= 4 is 12.0 Å². The Kier molecular flexibility index (Phi) is 8.80. The molecule has 0 radical (unpaired) electrons. The van der Waals surface area contributed by atoms with Gasteiger partial charge in [-0.15, -0.1) is 0 Å². The first-order valence-corrected chi connectivity index (χ1v) is 10.1. The molecule has 6 heteroatoms. The second-order valence-electron chi connectivity index (χ2n) is 7.46. The van der Waals surface area contributed by atoms with E-state index in [1.165, 1.54) is 12.8 Å². The number of carbonyl (C=O) groups excluding carboxylic acids is 1.